The van der Waals surface area contributed by atoms with Crippen LogP contribution in [-0.4, -0.2) is 37.8 Å². The zero-order valence-corrected chi connectivity index (χ0v) is 14.5. The Morgan fingerprint density at radius 3 is 2.61 bits per heavy atom. The van der Waals surface area contributed by atoms with Crippen LogP contribution in [-0.2, 0) is 0 Å². The van der Waals surface area contributed by atoms with Crippen LogP contribution in [0.1, 0.15) is 11.7 Å². The summed E-state index contributed by atoms with van der Waals surface area (Å²) >= 11 is 0. The summed E-state index contributed by atoms with van der Waals surface area (Å²) in [6.07, 6.45) is 0.250. The first kappa shape index (κ1) is 17.8. The van der Waals surface area contributed by atoms with Gasteiger partial charge >= 0.3 is 0 Å². The molecule has 2 heterocycles. The second-order valence-electron chi connectivity index (χ2n) is 6.23. The largest absolute Gasteiger partial charge is 0.450 e. The Labute approximate surface area is 158 Å². The number of fused-ring (bicyclic) bond motifs is 3. The van der Waals surface area contributed by atoms with E-state index in [1.54, 1.807) is 0 Å². The van der Waals surface area contributed by atoms with Gasteiger partial charge in [-0.1, -0.05) is 12.1 Å². The van der Waals surface area contributed by atoms with Gasteiger partial charge in [-0.25, -0.2) is 9.97 Å². The van der Waals surface area contributed by atoms with Crippen LogP contribution < -0.4 is 5.32 Å². The molecule has 0 saturated heterocycles. The Hall–Kier alpha value is -3.56. The number of hydrogen-bond donors (Lipinski definition) is 3. The van der Waals surface area contributed by atoms with Gasteiger partial charge in [0.25, 0.3) is 5.69 Å². The van der Waals surface area contributed by atoms with Crippen LogP contribution >= 0.6 is 0 Å². The van der Waals surface area contributed by atoms with Crippen molar-refractivity contribution in [1.82, 2.24) is 9.97 Å². The molecular formula is C19H16N4O5. The van der Waals surface area contributed by atoms with Crippen molar-refractivity contribution >= 4 is 33.6 Å². The lowest BCUT2D eigenvalue weighted by molar-refractivity contribution is -0.384. The van der Waals surface area contributed by atoms with Gasteiger partial charge < -0.3 is 19.9 Å². The fourth-order valence-corrected chi connectivity index (χ4v) is 3.05. The molecule has 142 valence electrons. The fourth-order valence-electron chi connectivity index (χ4n) is 3.05. The first-order chi connectivity index (χ1) is 13.6. The molecule has 0 fully saturated rings. The second kappa shape index (κ2) is 7.22. The number of nitrogens with zero attached hydrogens (tertiary/aromatic N) is 3. The summed E-state index contributed by atoms with van der Waals surface area (Å²) in [5.41, 5.74) is 2.03. The lowest BCUT2D eigenvalue weighted by Crippen LogP contribution is -2.31. The van der Waals surface area contributed by atoms with E-state index >= 15 is 0 Å². The summed E-state index contributed by atoms with van der Waals surface area (Å²) in [4.78, 5) is 18.7. The molecule has 0 saturated carbocycles. The number of nitro benzene ring substituents is 1. The number of nitro groups is 1. The van der Waals surface area contributed by atoms with Crippen LogP contribution in [0.25, 0.3) is 22.1 Å². The lowest BCUT2D eigenvalue weighted by atomic mass is 10.0. The van der Waals surface area contributed by atoms with E-state index in [0.29, 0.717) is 28.1 Å². The van der Waals surface area contributed by atoms with Crippen molar-refractivity contribution in [3.8, 4) is 0 Å². The number of non-ortho nitro benzene ring substituents is 1. The van der Waals surface area contributed by atoms with Crippen molar-refractivity contribution in [2.45, 2.75) is 12.1 Å². The predicted molar refractivity (Wildman–Crippen MR) is 102 cm³/mol. The molecule has 2 aromatic heterocycles. The quantitative estimate of drug-likeness (QED) is 0.343. The van der Waals surface area contributed by atoms with E-state index in [1.165, 1.54) is 30.6 Å². The van der Waals surface area contributed by atoms with Gasteiger partial charge in [-0.15, -0.1) is 0 Å². The summed E-state index contributed by atoms with van der Waals surface area (Å²) in [7, 11) is 0. The maximum atomic E-state index is 10.8. The molecule has 4 aromatic rings. The van der Waals surface area contributed by atoms with Crippen LogP contribution in [0.2, 0.25) is 0 Å². The highest BCUT2D eigenvalue weighted by atomic mass is 16.6. The topological polar surface area (TPSA) is 135 Å². The maximum absolute atomic E-state index is 10.8. The summed E-state index contributed by atoms with van der Waals surface area (Å²) in [6.45, 7) is -0.399. The molecule has 4 rings (SSSR count). The van der Waals surface area contributed by atoms with Crippen molar-refractivity contribution in [2.75, 3.05) is 11.9 Å². The van der Waals surface area contributed by atoms with Gasteiger partial charge in [-0.3, -0.25) is 10.1 Å². The number of para-hydroxylation sites is 1. The zero-order chi connectivity index (χ0) is 19.7. The number of nitrogens with one attached hydrogen (secondary N) is 1. The van der Waals surface area contributed by atoms with Gasteiger partial charge in [0.15, 0.2) is 11.4 Å². The molecule has 0 aliphatic heterocycles. The summed E-state index contributed by atoms with van der Waals surface area (Å²) in [6, 6.07) is 12.1. The SMILES string of the molecule is O=[N+]([O-])c1ccc(C(O)C(CO)Nc2ncnc3c2oc2ccccc23)cc1. The number of benzene rings is 2. The van der Waals surface area contributed by atoms with E-state index in [1.807, 2.05) is 24.3 Å². The smallest absolute Gasteiger partial charge is 0.269 e. The van der Waals surface area contributed by atoms with E-state index in [2.05, 4.69) is 15.3 Å². The molecule has 0 aliphatic rings. The summed E-state index contributed by atoms with van der Waals surface area (Å²) < 4.78 is 5.83. The normalized spacial score (nSPS) is 13.5. The standard InChI is InChI=1S/C19H16N4O5/c24-9-14(17(25)11-5-7-12(8-6-11)23(26)27)22-19-18-16(20-10-21-19)13-3-1-2-4-15(13)28-18/h1-8,10,14,17,24-25H,9H2,(H,20,21,22). The Balaban J connectivity index is 1.65. The summed E-state index contributed by atoms with van der Waals surface area (Å²) in [5.74, 6) is 0.334. The van der Waals surface area contributed by atoms with Gasteiger partial charge in [-0.05, 0) is 29.8 Å². The van der Waals surface area contributed by atoms with E-state index in [4.69, 9.17) is 4.42 Å². The highest BCUT2D eigenvalue weighted by Gasteiger charge is 2.23. The number of aliphatic hydroxyl groups is 2. The van der Waals surface area contributed by atoms with Gasteiger partial charge in [0.2, 0.25) is 0 Å². The first-order valence-electron chi connectivity index (χ1n) is 8.50. The minimum absolute atomic E-state index is 0.0794. The Kier molecular flexibility index (Phi) is 4.60. The molecule has 0 bridgehead atoms. The third kappa shape index (κ3) is 3.13. The van der Waals surface area contributed by atoms with Crippen LogP contribution in [0.3, 0.4) is 0 Å². The highest BCUT2D eigenvalue weighted by Crippen LogP contribution is 2.31. The zero-order valence-electron chi connectivity index (χ0n) is 14.5. The molecule has 0 amide bonds. The summed E-state index contributed by atoms with van der Waals surface area (Å²) in [5, 5.41) is 35.0. The van der Waals surface area contributed by atoms with Crippen molar-refractivity contribution < 1.29 is 19.6 Å². The Morgan fingerprint density at radius 2 is 1.89 bits per heavy atom. The molecule has 2 unspecified atom stereocenters. The molecule has 28 heavy (non-hydrogen) atoms. The molecule has 3 N–H and O–H groups in total. The third-order valence-corrected chi connectivity index (χ3v) is 4.50. The van der Waals surface area contributed by atoms with E-state index in [9.17, 15) is 20.3 Å². The van der Waals surface area contributed by atoms with Crippen LogP contribution in [0.15, 0.2) is 59.3 Å². The third-order valence-electron chi connectivity index (χ3n) is 4.50. The molecular weight excluding hydrogens is 364 g/mol. The second-order valence-corrected chi connectivity index (χ2v) is 6.23. The Bertz CT molecular complexity index is 1140. The lowest BCUT2D eigenvalue weighted by Gasteiger charge is -2.23. The fraction of sp³-hybridized carbons (Fsp3) is 0.158. The molecule has 2 atom stereocenters. The number of aliphatic hydroxyl groups excluding tert-OH is 2. The van der Waals surface area contributed by atoms with Crippen LogP contribution in [0.4, 0.5) is 11.5 Å². The van der Waals surface area contributed by atoms with E-state index in [-0.39, 0.29) is 5.69 Å². The minimum atomic E-state index is -1.12. The van der Waals surface area contributed by atoms with Gasteiger partial charge in [0.1, 0.15) is 23.5 Å². The van der Waals surface area contributed by atoms with E-state index < -0.39 is 23.7 Å². The van der Waals surface area contributed by atoms with Crippen molar-refractivity contribution in [1.29, 1.82) is 0 Å². The predicted octanol–water partition coefficient (Wildman–Crippen LogP) is 2.79. The molecule has 2 aromatic carbocycles. The molecule has 0 aliphatic carbocycles. The molecule has 0 spiro atoms. The number of furan rings is 1. The maximum Gasteiger partial charge on any atom is 0.269 e. The van der Waals surface area contributed by atoms with E-state index in [0.717, 1.165) is 5.39 Å². The molecule has 9 heteroatoms. The van der Waals surface area contributed by atoms with Crippen LogP contribution in [0, 0.1) is 10.1 Å². The highest BCUT2D eigenvalue weighted by molar-refractivity contribution is 6.05. The number of anilines is 1. The number of aromatic nitrogens is 2. The van der Waals surface area contributed by atoms with Crippen LogP contribution in [0.5, 0.6) is 0 Å². The van der Waals surface area contributed by atoms with Crippen molar-refractivity contribution in [3.05, 3.63) is 70.5 Å². The molecule has 0 radical (unpaired) electrons. The number of rotatable bonds is 6. The van der Waals surface area contributed by atoms with Crippen molar-refractivity contribution in [3.63, 3.8) is 0 Å². The average molecular weight is 380 g/mol. The first-order valence-corrected chi connectivity index (χ1v) is 8.50. The van der Waals surface area contributed by atoms with Gasteiger partial charge in [0.05, 0.1) is 17.6 Å². The monoisotopic (exact) mass is 380 g/mol. The van der Waals surface area contributed by atoms with Gasteiger partial charge in [0, 0.05) is 17.5 Å². The minimum Gasteiger partial charge on any atom is -0.450 e. The average Bonchev–Trinajstić information content (AvgIpc) is 3.11. The van der Waals surface area contributed by atoms with Crippen molar-refractivity contribution in [2.24, 2.45) is 0 Å². The number of hydrogen-bond acceptors (Lipinski definition) is 8. The Morgan fingerprint density at radius 1 is 1.14 bits per heavy atom. The molecule has 9 nitrogen and oxygen atoms in total. The van der Waals surface area contributed by atoms with Gasteiger partial charge in [-0.2, -0.15) is 0 Å².